The smallest absolute Gasteiger partial charge is 0.243 e. The molecule has 124 valence electrons. The molecule has 2 rings (SSSR count). The zero-order chi connectivity index (χ0) is 16.2. The normalized spacial score (nSPS) is 19.0. The van der Waals surface area contributed by atoms with E-state index in [4.69, 9.17) is 10.5 Å². The number of hydrogen-bond donors (Lipinski definition) is 1. The summed E-state index contributed by atoms with van der Waals surface area (Å²) in [4.78, 5) is 0.329. The third-order valence-electron chi connectivity index (χ3n) is 4.18. The van der Waals surface area contributed by atoms with Crippen LogP contribution in [0.5, 0.6) is 5.75 Å². The summed E-state index contributed by atoms with van der Waals surface area (Å²) in [5.74, 6) is 1.12. The number of hydrogen-bond acceptors (Lipinski definition) is 4. The molecule has 0 aromatic heterocycles. The Morgan fingerprint density at radius 3 is 2.36 bits per heavy atom. The highest BCUT2D eigenvalue weighted by atomic mass is 32.2. The van der Waals surface area contributed by atoms with Crippen molar-refractivity contribution in [1.82, 2.24) is 4.31 Å². The molecular formula is C16H26N2O3S. The molecule has 0 radical (unpaired) electrons. The first-order valence-corrected chi connectivity index (χ1v) is 9.37. The summed E-state index contributed by atoms with van der Waals surface area (Å²) in [7, 11) is -3.41. The van der Waals surface area contributed by atoms with Crippen molar-refractivity contribution in [3.63, 3.8) is 0 Å². The van der Waals surface area contributed by atoms with Gasteiger partial charge in [-0.05, 0) is 56.4 Å². The number of nitrogens with two attached hydrogens (primary N) is 1. The summed E-state index contributed by atoms with van der Waals surface area (Å²) in [6.07, 6.45) is 2.58. The molecule has 6 heteroatoms. The second-order valence-corrected chi connectivity index (χ2v) is 7.86. The minimum Gasteiger partial charge on any atom is -0.494 e. The maximum Gasteiger partial charge on any atom is 0.243 e. The van der Waals surface area contributed by atoms with E-state index in [0.29, 0.717) is 36.3 Å². The molecule has 1 atom stereocenters. The molecule has 0 aliphatic carbocycles. The molecule has 0 amide bonds. The van der Waals surface area contributed by atoms with Crippen molar-refractivity contribution in [2.45, 2.75) is 44.0 Å². The molecule has 22 heavy (non-hydrogen) atoms. The van der Waals surface area contributed by atoms with E-state index in [1.807, 2.05) is 13.8 Å². The molecule has 1 aromatic carbocycles. The lowest BCUT2D eigenvalue weighted by atomic mass is 9.92. The monoisotopic (exact) mass is 326 g/mol. The fourth-order valence-electron chi connectivity index (χ4n) is 2.72. The molecule has 1 aliphatic rings. The van der Waals surface area contributed by atoms with Gasteiger partial charge in [-0.1, -0.05) is 6.92 Å². The molecule has 2 N–H and O–H groups in total. The number of rotatable bonds is 6. The van der Waals surface area contributed by atoms with E-state index in [9.17, 15) is 8.42 Å². The van der Waals surface area contributed by atoms with Crippen LogP contribution in [0, 0.1) is 5.92 Å². The van der Waals surface area contributed by atoms with Crippen LogP contribution >= 0.6 is 0 Å². The van der Waals surface area contributed by atoms with E-state index >= 15 is 0 Å². The summed E-state index contributed by atoms with van der Waals surface area (Å²) < 4.78 is 32.3. The Morgan fingerprint density at radius 1 is 1.27 bits per heavy atom. The molecular weight excluding hydrogens is 300 g/mol. The van der Waals surface area contributed by atoms with Crippen LogP contribution in [0.2, 0.25) is 0 Å². The lowest BCUT2D eigenvalue weighted by Crippen LogP contribution is -2.42. The molecule has 1 aromatic rings. The van der Waals surface area contributed by atoms with Gasteiger partial charge in [-0.3, -0.25) is 0 Å². The summed E-state index contributed by atoms with van der Waals surface area (Å²) in [6.45, 7) is 5.75. The van der Waals surface area contributed by atoms with Crippen molar-refractivity contribution >= 4 is 10.0 Å². The third-order valence-corrected chi connectivity index (χ3v) is 6.09. The Labute approximate surface area is 133 Å². The topological polar surface area (TPSA) is 72.6 Å². The lowest BCUT2D eigenvalue weighted by Gasteiger charge is -2.32. The van der Waals surface area contributed by atoms with Crippen molar-refractivity contribution in [2.24, 2.45) is 11.7 Å². The van der Waals surface area contributed by atoms with Gasteiger partial charge in [-0.2, -0.15) is 4.31 Å². The molecule has 1 saturated heterocycles. The largest absolute Gasteiger partial charge is 0.494 e. The fourth-order valence-corrected chi connectivity index (χ4v) is 4.19. The van der Waals surface area contributed by atoms with Crippen LogP contribution in [0.4, 0.5) is 0 Å². The predicted octanol–water partition coefficient (Wildman–Crippen LogP) is 2.22. The highest BCUT2D eigenvalue weighted by Crippen LogP contribution is 2.26. The lowest BCUT2D eigenvalue weighted by molar-refractivity contribution is 0.250. The van der Waals surface area contributed by atoms with Gasteiger partial charge < -0.3 is 10.5 Å². The summed E-state index contributed by atoms with van der Waals surface area (Å²) >= 11 is 0. The summed E-state index contributed by atoms with van der Waals surface area (Å²) in [6, 6.07) is 6.81. The Morgan fingerprint density at radius 2 is 1.86 bits per heavy atom. The minimum absolute atomic E-state index is 0.125. The van der Waals surface area contributed by atoms with Gasteiger partial charge in [-0.15, -0.1) is 0 Å². The van der Waals surface area contributed by atoms with Gasteiger partial charge in [-0.25, -0.2) is 8.42 Å². The van der Waals surface area contributed by atoms with Crippen molar-refractivity contribution in [1.29, 1.82) is 0 Å². The maximum atomic E-state index is 12.6. The average molecular weight is 326 g/mol. The second-order valence-electron chi connectivity index (χ2n) is 5.92. The average Bonchev–Trinajstić information content (AvgIpc) is 2.53. The number of benzene rings is 1. The molecule has 0 spiro atoms. The quantitative estimate of drug-likeness (QED) is 0.870. The highest BCUT2D eigenvalue weighted by molar-refractivity contribution is 7.89. The second kappa shape index (κ2) is 7.44. The zero-order valence-electron chi connectivity index (χ0n) is 13.4. The van der Waals surface area contributed by atoms with Gasteiger partial charge in [0.05, 0.1) is 11.5 Å². The predicted molar refractivity (Wildman–Crippen MR) is 87.4 cm³/mol. The van der Waals surface area contributed by atoms with E-state index in [0.717, 1.165) is 19.3 Å². The number of ether oxygens (including phenoxy) is 1. The van der Waals surface area contributed by atoms with Crippen LogP contribution in [-0.4, -0.2) is 38.5 Å². The van der Waals surface area contributed by atoms with E-state index in [1.54, 1.807) is 28.6 Å². The third kappa shape index (κ3) is 4.00. The molecule has 1 unspecified atom stereocenters. The summed E-state index contributed by atoms with van der Waals surface area (Å²) in [5, 5.41) is 0. The van der Waals surface area contributed by atoms with E-state index in [-0.39, 0.29) is 6.04 Å². The van der Waals surface area contributed by atoms with Crippen LogP contribution < -0.4 is 10.5 Å². The van der Waals surface area contributed by atoms with Gasteiger partial charge in [0.25, 0.3) is 0 Å². The van der Waals surface area contributed by atoms with Crippen molar-refractivity contribution in [3.05, 3.63) is 24.3 Å². The molecule has 1 heterocycles. The fraction of sp³-hybridized carbons (Fsp3) is 0.625. The van der Waals surface area contributed by atoms with Crippen molar-refractivity contribution in [2.75, 3.05) is 19.7 Å². The first kappa shape index (κ1) is 17.2. The number of piperidine rings is 1. The minimum atomic E-state index is -3.41. The van der Waals surface area contributed by atoms with Gasteiger partial charge in [0.1, 0.15) is 5.75 Å². The van der Waals surface area contributed by atoms with Crippen molar-refractivity contribution < 1.29 is 13.2 Å². The van der Waals surface area contributed by atoms with Gasteiger partial charge in [0.2, 0.25) is 10.0 Å². The number of sulfonamides is 1. The summed E-state index contributed by atoms with van der Waals surface area (Å²) in [5.41, 5.74) is 5.91. The van der Waals surface area contributed by atoms with Crippen LogP contribution in [0.15, 0.2) is 29.2 Å². The van der Waals surface area contributed by atoms with Crippen LogP contribution in [0.1, 0.15) is 33.1 Å². The molecule has 0 saturated carbocycles. The zero-order valence-corrected chi connectivity index (χ0v) is 14.2. The van der Waals surface area contributed by atoms with Gasteiger partial charge >= 0.3 is 0 Å². The molecule has 1 fully saturated rings. The highest BCUT2D eigenvalue weighted by Gasteiger charge is 2.30. The first-order valence-electron chi connectivity index (χ1n) is 7.93. The number of nitrogens with zero attached hydrogens (tertiary/aromatic N) is 1. The van der Waals surface area contributed by atoms with E-state index in [1.165, 1.54) is 0 Å². The van der Waals surface area contributed by atoms with Crippen LogP contribution in [-0.2, 0) is 10.0 Å². The van der Waals surface area contributed by atoms with Gasteiger partial charge in [0.15, 0.2) is 0 Å². The van der Waals surface area contributed by atoms with Crippen LogP contribution in [0.3, 0.4) is 0 Å². The van der Waals surface area contributed by atoms with Crippen LogP contribution in [0.25, 0.3) is 0 Å². The first-order chi connectivity index (χ1) is 10.4. The molecule has 5 nitrogen and oxygen atoms in total. The van der Waals surface area contributed by atoms with E-state index in [2.05, 4.69) is 0 Å². The maximum absolute atomic E-state index is 12.6. The Bertz CT molecular complexity index is 562. The Balaban J connectivity index is 2.04. The Kier molecular flexibility index (Phi) is 5.83. The molecule has 0 bridgehead atoms. The van der Waals surface area contributed by atoms with Crippen molar-refractivity contribution in [3.8, 4) is 5.75 Å². The Hall–Kier alpha value is -1.11. The van der Waals surface area contributed by atoms with Gasteiger partial charge in [0, 0.05) is 19.1 Å². The molecule has 1 aliphatic heterocycles. The standard InChI is InChI=1S/C16H26N2O3S/c1-3-12-21-15-4-6-16(7-5-15)22(19,20)18-10-8-14(9-11-18)13(2)17/h4-7,13-14H,3,8-12,17H2,1-2H3. The van der Waals surface area contributed by atoms with E-state index < -0.39 is 10.0 Å². The SMILES string of the molecule is CCCOc1ccc(S(=O)(=O)N2CCC(C(C)N)CC2)cc1.